The minimum absolute atomic E-state index is 0.193. The van der Waals surface area contributed by atoms with Gasteiger partial charge in [0.25, 0.3) is 6.48 Å². The summed E-state index contributed by atoms with van der Waals surface area (Å²) in [6.45, 7) is 0.276. The number of hydrogen-bond acceptors (Lipinski definition) is 3. The predicted molar refractivity (Wildman–Crippen MR) is 81.2 cm³/mol. The average molecular weight is 316 g/mol. The van der Waals surface area contributed by atoms with Gasteiger partial charge in [-0.2, -0.15) is 0 Å². The minimum atomic E-state index is -1.88. The molecule has 1 aromatic rings. The molecule has 1 rings (SSSR count). The van der Waals surface area contributed by atoms with Crippen LogP contribution in [-0.2, 0) is 11.2 Å². The van der Waals surface area contributed by atoms with Crippen molar-refractivity contribution in [1.29, 1.82) is 0 Å². The molecule has 126 valence electrons. The maximum absolute atomic E-state index is 13.7. The molecule has 0 saturated carbocycles. The fraction of sp³-hybridized carbons (Fsp3) is 0.647. The second kappa shape index (κ2) is 10.6. The summed E-state index contributed by atoms with van der Waals surface area (Å²) in [6, 6.07) is 3.38. The van der Waals surface area contributed by atoms with Crippen LogP contribution in [0.4, 0.5) is 8.78 Å². The molecule has 1 atom stereocenters. The van der Waals surface area contributed by atoms with Gasteiger partial charge in [0.1, 0.15) is 11.6 Å². The van der Waals surface area contributed by atoms with Crippen molar-refractivity contribution in [2.75, 3.05) is 0 Å². The van der Waals surface area contributed by atoms with Crippen molar-refractivity contribution in [3.8, 4) is 0 Å². The van der Waals surface area contributed by atoms with Crippen molar-refractivity contribution < 1.29 is 23.7 Å². The highest BCUT2D eigenvalue weighted by atomic mass is 19.1. The van der Waals surface area contributed by atoms with E-state index in [4.69, 9.17) is 14.9 Å². The lowest BCUT2D eigenvalue weighted by Crippen LogP contribution is -2.24. The van der Waals surface area contributed by atoms with E-state index < -0.39 is 24.2 Å². The van der Waals surface area contributed by atoms with Gasteiger partial charge < -0.3 is 14.9 Å². The highest BCUT2D eigenvalue weighted by Crippen LogP contribution is 2.18. The monoisotopic (exact) mass is 316 g/mol. The van der Waals surface area contributed by atoms with Crippen molar-refractivity contribution in [2.45, 2.75) is 70.9 Å². The van der Waals surface area contributed by atoms with E-state index in [2.05, 4.69) is 6.92 Å². The Morgan fingerprint density at radius 1 is 1.05 bits per heavy atom. The number of aliphatic hydroxyl groups is 2. The van der Waals surface area contributed by atoms with Gasteiger partial charge in [0.15, 0.2) is 0 Å². The molecule has 0 radical (unpaired) electrons. The minimum Gasteiger partial charge on any atom is -0.346 e. The smallest absolute Gasteiger partial charge is 0.266 e. The van der Waals surface area contributed by atoms with Crippen LogP contribution in [0.1, 0.15) is 57.4 Å². The van der Waals surface area contributed by atoms with E-state index in [9.17, 15) is 8.78 Å². The molecular formula is C17H26F2O3. The van der Waals surface area contributed by atoms with E-state index in [-0.39, 0.29) is 6.42 Å². The molecule has 0 heterocycles. The van der Waals surface area contributed by atoms with Crippen LogP contribution in [-0.4, -0.2) is 22.8 Å². The van der Waals surface area contributed by atoms with E-state index in [0.717, 1.165) is 25.3 Å². The van der Waals surface area contributed by atoms with Gasteiger partial charge in [0.2, 0.25) is 0 Å². The Bertz CT molecular complexity index is 424. The van der Waals surface area contributed by atoms with Gasteiger partial charge in [-0.3, -0.25) is 0 Å². The van der Waals surface area contributed by atoms with E-state index >= 15 is 0 Å². The summed E-state index contributed by atoms with van der Waals surface area (Å²) < 4.78 is 31.6. The third-order valence-electron chi connectivity index (χ3n) is 3.66. The molecule has 2 N–H and O–H groups in total. The SMILES string of the molecule is CCCCCCCCC(Cc1ccc(F)cc1F)OC(O)O. The van der Waals surface area contributed by atoms with E-state index in [1.807, 2.05) is 0 Å². The summed E-state index contributed by atoms with van der Waals surface area (Å²) in [4.78, 5) is 0. The fourth-order valence-electron chi connectivity index (χ4n) is 2.48. The molecule has 0 aliphatic carbocycles. The summed E-state index contributed by atoms with van der Waals surface area (Å²) in [7, 11) is 0. The number of unbranched alkanes of at least 4 members (excludes halogenated alkanes) is 5. The van der Waals surface area contributed by atoms with Gasteiger partial charge in [-0.1, -0.05) is 51.5 Å². The Morgan fingerprint density at radius 2 is 1.73 bits per heavy atom. The summed E-state index contributed by atoms with van der Waals surface area (Å²) in [5, 5.41) is 17.9. The lowest BCUT2D eigenvalue weighted by Gasteiger charge is -2.19. The molecule has 1 unspecified atom stereocenters. The first kappa shape index (κ1) is 19.0. The van der Waals surface area contributed by atoms with Crippen LogP contribution in [0.15, 0.2) is 18.2 Å². The zero-order valence-electron chi connectivity index (χ0n) is 13.1. The maximum Gasteiger partial charge on any atom is 0.266 e. The molecule has 0 aliphatic heterocycles. The number of rotatable bonds is 11. The van der Waals surface area contributed by atoms with Crippen molar-refractivity contribution in [3.63, 3.8) is 0 Å². The first-order chi connectivity index (χ1) is 10.5. The summed E-state index contributed by atoms with van der Waals surface area (Å²) in [6.07, 6.45) is 6.95. The van der Waals surface area contributed by atoms with E-state index in [1.54, 1.807) is 0 Å². The molecule has 0 amide bonds. The molecule has 0 aliphatic rings. The Labute approximate surface area is 130 Å². The summed E-state index contributed by atoms with van der Waals surface area (Å²) in [5.41, 5.74) is 0.318. The molecule has 0 fully saturated rings. The van der Waals surface area contributed by atoms with Crippen molar-refractivity contribution >= 4 is 0 Å². The number of halogens is 2. The number of hydrogen-bond donors (Lipinski definition) is 2. The predicted octanol–water partition coefficient (Wildman–Crippen LogP) is 3.91. The van der Waals surface area contributed by atoms with Gasteiger partial charge in [-0.15, -0.1) is 0 Å². The summed E-state index contributed by atoms with van der Waals surface area (Å²) in [5.74, 6) is -1.26. The lowest BCUT2D eigenvalue weighted by molar-refractivity contribution is -0.256. The quantitative estimate of drug-likeness (QED) is 0.481. The Morgan fingerprint density at radius 3 is 2.36 bits per heavy atom. The molecule has 0 bridgehead atoms. The van der Waals surface area contributed by atoms with Crippen LogP contribution in [0.25, 0.3) is 0 Å². The normalized spacial score (nSPS) is 12.8. The van der Waals surface area contributed by atoms with E-state index in [1.165, 1.54) is 31.4 Å². The van der Waals surface area contributed by atoms with E-state index in [0.29, 0.717) is 12.0 Å². The molecule has 3 nitrogen and oxygen atoms in total. The van der Waals surface area contributed by atoms with Crippen molar-refractivity contribution in [3.05, 3.63) is 35.4 Å². The van der Waals surface area contributed by atoms with Crippen LogP contribution in [0.2, 0.25) is 0 Å². The van der Waals surface area contributed by atoms with Crippen molar-refractivity contribution in [2.24, 2.45) is 0 Å². The van der Waals surface area contributed by atoms with Crippen molar-refractivity contribution in [1.82, 2.24) is 0 Å². The molecular weight excluding hydrogens is 290 g/mol. The Hall–Kier alpha value is -1.04. The molecule has 22 heavy (non-hydrogen) atoms. The van der Waals surface area contributed by atoms with Gasteiger partial charge in [0, 0.05) is 12.5 Å². The molecule has 0 spiro atoms. The lowest BCUT2D eigenvalue weighted by atomic mass is 10.0. The topological polar surface area (TPSA) is 49.7 Å². The van der Waals surface area contributed by atoms with Gasteiger partial charge in [-0.25, -0.2) is 8.78 Å². The standard InChI is InChI=1S/C17H26F2O3/c1-2-3-4-5-6-7-8-15(22-17(20)21)11-13-9-10-14(18)12-16(13)19/h9-10,12,15,17,20-21H,2-8,11H2,1H3. The first-order valence-electron chi connectivity index (χ1n) is 7.98. The Kier molecular flexibility index (Phi) is 9.20. The Balaban J connectivity index is 2.46. The molecule has 5 heteroatoms. The van der Waals surface area contributed by atoms with Crippen LogP contribution >= 0.6 is 0 Å². The van der Waals surface area contributed by atoms with Crippen LogP contribution in [0.5, 0.6) is 0 Å². The highest BCUT2D eigenvalue weighted by molar-refractivity contribution is 5.19. The van der Waals surface area contributed by atoms with Gasteiger partial charge in [0.05, 0.1) is 6.10 Å². The number of ether oxygens (including phenoxy) is 1. The van der Waals surface area contributed by atoms with Gasteiger partial charge in [-0.05, 0) is 18.1 Å². The molecule has 0 aromatic heterocycles. The first-order valence-corrected chi connectivity index (χ1v) is 7.98. The third kappa shape index (κ3) is 7.82. The van der Waals surface area contributed by atoms with Crippen LogP contribution in [0, 0.1) is 11.6 Å². The van der Waals surface area contributed by atoms with Crippen LogP contribution < -0.4 is 0 Å². The highest BCUT2D eigenvalue weighted by Gasteiger charge is 2.16. The summed E-state index contributed by atoms with van der Waals surface area (Å²) >= 11 is 0. The molecule has 0 saturated heterocycles. The second-order valence-corrected chi connectivity index (χ2v) is 5.58. The zero-order valence-corrected chi connectivity index (χ0v) is 13.1. The average Bonchev–Trinajstić information content (AvgIpc) is 2.45. The zero-order chi connectivity index (χ0) is 16.4. The largest absolute Gasteiger partial charge is 0.346 e. The fourth-order valence-corrected chi connectivity index (χ4v) is 2.48. The van der Waals surface area contributed by atoms with Crippen LogP contribution in [0.3, 0.4) is 0 Å². The van der Waals surface area contributed by atoms with Gasteiger partial charge >= 0.3 is 0 Å². The number of aliphatic hydroxyl groups excluding tert-OH is 1. The molecule has 1 aromatic carbocycles. The number of benzene rings is 1. The third-order valence-corrected chi connectivity index (χ3v) is 3.66. The maximum atomic E-state index is 13.7. The second-order valence-electron chi connectivity index (χ2n) is 5.58.